The van der Waals surface area contributed by atoms with E-state index in [9.17, 15) is 14.4 Å². The zero-order chi connectivity index (χ0) is 23.5. The molecule has 0 atom stereocenters. The molecular weight excluding hydrogens is 432 g/mol. The van der Waals surface area contributed by atoms with Crippen molar-refractivity contribution < 1.29 is 23.8 Å². The van der Waals surface area contributed by atoms with Crippen LogP contribution in [0.2, 0.25) is 0 Å². The number of hydrogen-bond donors (Lipinski definition) is 0. The van der Waals surface area contributed by atoms with Gasteiger partial charge < -0.3 is 14.2 Å². The summed E-state index contributed by atoms with van der Waals surface area (Å²) in [5.41, 5.74) is 0.401. The predicted octanol–water partition coefficient (Wildman–Crippen LogP) is 3.72. The van der Waals surface area contributed by atoms with Crippen LogP contribution in [0.25, 0.3) is 10.2 Å². The number of ether oxygens (including phenoxy) is 3. The van der Waals surface area contributed by atoms with Gasteiger partial charge in [0, 0.05) is 7.11 Å². The SMILES string of the molecule is COCCOC(=O)c1sc2ncn(CC(=O)OC3CCC(C(C)(C)C)CC3)c(=O)c2c1C. The smallest absolute Gasteiger partial charge is 0.348 e. The van der Waals surface area contributed by atoms with Gasteiger partial charge in [0.2, 0.25) is 0 Å². The van der Waals surface area contributed by atoms with Crippen LogP contribution in [-0.2, 0) is 25.5 Å². The Balaban J connectivity index is 1.67. The normalized spacial score (nSPS) is 19.2. The number of hydrogen-bond acceptors (Lipinski definition) is 8. The molecule has 8 nitrogen and oxygen atoms in total. The lowest BCUT2D eigenvalue weighted by Gasteiger charge is -2.36. The zero-order valence-electron chi connectivity index (χ0n) is 19.4. The van der Waals surface area contributed by atoms with Crippen LogP contribution in [0.5, 0.6) is 0 Å². The van der Waals surface area contributed by atoms with E-state index in [-0.39, 0.29) is 30.2 Å². The fourth-order valence-electron chi connectivity index (χ4n) is 4.16. The molecule has 1 saturated carbocycles. The Bertz CT molecular complexity index is 1030. The van der Waals surface area contributed by atoms with Gasteiger partial charge in [0.1, 0.15) is 29.0 Å². The summed E-state index contributed by atoms with van der Waals surface area (Å²) in [6, 6.07) is 0. The van der Waals surface area contributed by atoms with Crippen LogP contribution < -0.4 is 5.56 Å². The Morgan fingerprint density at radius 1 is 1.19 bits per heavy atom. The number of methoxy groups -OCH3 is 1. The van der Waals surface area contributed by atoms with Crippen molar-refractivity contribution >= 4 is 33.5 Å². The van der Waals surface area contributed by atoms with Crippen LogP contribution in [0.15, 0.2) is 11.1 Å². The summed E-state index contributed by atoms with van der Waals surface area (Å²) < 4.78 is 16.9. The Kier molecular flexibility index (Phi) is 7.71. The molecule has 2 aromatic heterocycles. The molecule has 0 amide bonds. The number of aryl methyl sites for hydroxylation is 1. The minimum atomic E-state index is -0.515. The molecule has 0 unspecified atom stereocenters. The highest BCUT2D eigenvalue weighted by molar-refractivity contribution is 7.20. The minimum Gasteiger partial charge on any atom is -0.461 e. The summed E-state index contributed by atoms with van der Waals surface area (Å²) in [7, 11) is 1.52. The molecule has 1 fully saturated rings. The number of thiophene rings is 1. The summed E-state index contributed by atoms with van der Waals surface area (Å²) in [5, 5.41) is 0.328. The Hall–Kier alpha value is -2.26. The molecule has 3 rings (SSSR count). The fraction of sp³-hybridized carbons (Fsp3) is 0.652. The van der Waals surface area contributed by atoms with Gasteiger partial charge in [-0.15, -0.1) is 11.3 Å². The summed E-state index contributed by atoms with van der Waals surface area (Å²) in [4.78, 5) is 42.8. The van der Waals surface area contributed by atoms with Crippen LogP contribution in [0, 0.1) is 18.3 Å². The molecule has 0 saturated heterocycles. The molecule has 2 aromatic rings. The van der Waals surface area contributed by atoms with E-state index in [0.717, 1.165) is 37.0 Å². The van der Waals surface area contributed by atoms with Crippen molar-refractivity contribution in [2.75, 3.05) is 20.3 Å². The van der Waals surface area contributed by atoms with Gasteiger partial charge in [0.05, 0.1) is 18.3 Å². The van der Waals surface area contributed by atoms with Crippen molar-refractivity contribution in [2.24, 2.45) is 11.3 Å². The van der Waals surface area contributed by atoms with E-state index in [1.807, 2.05) is 0 Å². The first-order valence-electron chi connectivity index (χ1n) is 11.0. The molecule has 0 spiro atoms. The maximum Gasteiger partial charge on any atom is 0.348 e. The third-order valence-corrected chi connectivity index (χ3v) is 7.30. The quantitative estimate of drug-likeness (QED) is 0.455. The van der Waals surface area contributed by atoms with Crippen LogP contribution in [-0.4, -0.2) is 47.9 Å². The average Bonchev–Trinajstić information content (AvgIpc) is 3.07. The van der Waals surface area contributed by atoms with E-state index < -0.39 is 11.9 Å². The minimum absolute atomic E-state index is 0.107. The number of esters is 2. The Labute approximate surface area is 191 Å². The second-order valence-corrected chi connectivity index (χ2v) is 10.4. The fourth-order valence-corrected chi connectivity index (χ4v) is 5.19. The lowest BCUT2D eigenvalue weighted by atomic mass is 9.72. The van der Waals surface area contributed by atoms with Crippen molar-refractivity contribution in [3.8, 4) is 0 Å². The molecule has 176 valence electrons. The zero-order valence-corrected chi connectivity index (χ0v) is 20.3. The van der Waals surface area contributed by atoms with E-state index >= 15 is 0 Å². The number of aromatic nitrogens is 2. The summed E-state index contributed by atoms with van der Waals surface area (Å²) in [5.74, 6) is -0.332. The van der Waals surface area contributed by atoms with Crippen molar-refractivity contribution in [3.05, 3.63) is 27.1 Å². The number of rotatable bonds is 7. The summed E-state index contributed by atoms with van der Waals surface area (Å²) in [6.45, 7) is 8.64. The highest BCUT2D eigenvalue weighted by atomic mass is 32.1. The van der Waals surface area contributed by atoms with Crippen LogP contribution in [0.3, 0.4) is 0 Å². The molecule has 0 bridgehead atoms. The lowest BCUT2D eigenvalue weighted by molar-refractivity contribution is -0.152. The Morgan fingerprint density at radius 3 is 2.50 bits per heavy atom. The number of carbonyl (C=O) groups is 2. The number of nitrogens with zero attached hydrogens (tertiary/aromatic N) is 2. The molecule has 32 heavy (non-hydrogen) atoms. The first-order valence-corrected chi connectivity index (χ1v) is 11.8. The van der Waals surface area contributed by atoms with E-state index in [1.165, 1.54) is 18.0 Å². The maximum atomic E-state index is 13.0. The van der Waals surface area contributed by atoms with E-state index in [2.05, 4.69) is 25.8 Å². The molecular formula is C23H32N2O6S. The second kappa shape index (κ2) is 10.1. The Morgan fingerprint density at radius 2 is 1.88 bits per heavy atom. The van der Waals surface area contributed by atoms with Gasteiger partial charge in [-0.1, -0.05) is 20.8 Å². The van der Waals surface area contributed by atoms with E-state index in [1.54, 1.807) is 6.92 Å². The molecule has 0 N–H and O–H groups in total. The average molecular weight is 465 g/mol. The van der Waals surface area contributed by atoms with E-state index in [4.69, 9.17) is 14.2 Å². The molecule has 1 aliphatic rings. The first-order chi connectivity index (χ1) is 15.1. The maximum absolute atomic E-state index is 13.0. The summed E-state index contributed by atoms with van der Waals surface area (Å²) in [6.07, 6.45) is 4.98. The van der Waals surface area contributed by atoms with Gasteiger partial charge in [0.15, 0.2) is 0 Å². The van der Waals surface area contributed by atoms with Gasteiger partial charge in [0.25, 0.3) is 5.56 Å². The predicted molar refractivity (Wildman–Crippen MR) is 122 cm³/mol. The summed E-state index contributed by atoms with van der Waals surface area (Å²) >= 11 is 1.11. The van der Waals surface area contributed by atoms with Crippen molar-refractivity contribution in [2.45, 2.75) is 66.0 Å². The molecule has 1 aliphatic carbocycles. The third-order valence-electron chi connectivity index (χ3n) is 6.12. The lowest BCUT2D eigenvalue weighted by Crippen LogP contribution is -2.32. The van der Waals surface area contributed by atoms with E-state index in [0.29, 0.717) is 33.2 Å². The van der Waals surface area contributed by atoms with Crippen molar-refractivity contribution in [3.63, 3.8) is 0 Å². The number of fused-ring (bicyclic) bond motifs is 1. The second-order valence-electron chi connectivity index (χ2n) is 9.37. The topological polar surface area (TPSA) is 96.7 Å². The molecule has 0 aromatic carbocycles. The van der Waals surface area contributed by atoms with Gasteiger partial charge in [-0.25, -0.2) is 9.78 Å². The largest absolute Gasteiger partial charge is 0.461 e. The third kappa shape index (κ3) is 5.56. The van der Waals surface area contributed by atoms with Crippen LogP contribution >= 0.6 is 11.3 Å². The van der Waals surface area contributed by atoms with Crippen LogP contribution in [0.1, 0.15) is 61.7 Å². The monoisotopic (exact) mass is 464 g/mol. The first kappa shape index (κ1) is 24.4. The van der Waals surface area contributed by atoms with Crippen LogP contribution in [0.4, 0.5) is 0 Å². The van der Waals surface area contributed by atoms with Crippen molar-refractivity contribution in [1.82, 2.24) is 9.55 Å². The number of carbonyl (C=O) groups excluding carboxylic acids is 2. The highest BCUT2D eigenvalue weighted by Crippen LogP contribution is 2.38. The standard InChI is InChI=1S/C23H32N2O6S/c1-14-18-20(32-19(14)22(28)30-11-10-29-5)24-13-25(21(18)27)12-17(26)31-16-8-6-15(7-9-16)23(2,3)4/h13,15-16H,6-12H2,1-5H3. The van der Waals surface area contributed by atoms with Crippen molar-refractivity contribution in [1.29, 1.82) is 0 Å². The molecule has 9 heteroatoms. The molecule has 2 heterocycles. The highest BCUT2D eigenvalue weighted by Gasteiger charge is 2.31. The molecule has 0 radical (unpaired) electrons. The van der Waals surface area contributed by atoms with Gasteiger partial charge >= 0.3 is 11.9 Å². The molecule has 0 aliphatic heterocycles. The van der Waals surface area contributed by atoms with Gasteiger partial charge in [-0.05, 0) is 49.5 Å². The van der Waals surface area contributed by atoms with Gasteiger partial charge in [-0.3, -0.25) is 14.2 Å². The van der Waals surface area contributed by atoms with Gasteiger partial charge in [-0.2, -0.15) is 0 Å².